The number of pyridine rings is 2. The molecule has 2 nitrogen and oxygen atoms in total. The van der Waals surface area contributed by atoms with E-state index in [1.54, 1.807) is 0 Å². The Bertz CT molecular complexity index is 671. The highest BCUT2D eigenvalue weighted by Gasteiger charge is 2.05. The maximum absolute atomic E-state index is 2.20. The van der Waals surface area contributed by atoms with Crippen LogP contribution in [0.15, 0.2) is 79.4 Å². The second-order valence-corrected chi connectivity index (χ2v) is 5.00. The lowest BCUT2D eigenvalue weighted by Crippen LogP contribution is -2.33. The summed E-state index contributed by atoms with van der Waals surface area (Å²) in [5.41, 5.74) is 3.81. The van der Waals surface area contributed by atoms with E-state index in [4.69, 9.17) is 0 Å². The van der Waals surface area contributed by atoms with Gasteiger partial charge in [0, 0.05) is 29.8 Å². The highest BCUT2D eigenvalue weighted by atomic mass is 14.9. The Morgan fingerprint density at radius 3 is 1.85 bits per heavy atom. The zero-order valence-corrected chi connectivity index (χ0v) is 11.6. The van der Waals surface area contributed by atoms with Crippen molar-refractivity contribution in [3.63, 3.8) is 0 Å². The van der Waals surface area contributed by atoms with Crippen molar-refractivity contribution in [2.24, 2.45) is 7.05 Å². The standard InChI is InChI=1S/C18H18N2/c1-19-11-7-17(8-12-19)18-9-13-20(14-10-18)15-16-5-3-2-4-6-16/h2-14H,15H2,1H3/q+2. The van der Waals surface area contributed by atoms with Gasteiger partial charge in [-0.2, -0.15) is 0 Å². The molecule has 0 unspecified atom stereocenters. The van der Waals surface area contributed by atoms with Gasteiger partial charge in [0.05, 0.1) is 0 Å². The molecule has 0 fully saturated rings. The molecule has 0 saturated heterocycles. The van der Waals surface area contributed by atoms with Crippen LogP contribution in [0.4, 0.5) is 0 Å². The lowest BCUT2D eigenvalue weighted by Gasteiger charge is -2.01. The van der Waals surface area contributed by atoms with Crippen molar-refractivity contribution < 1.29 is 9.13 Å². The smallest absolute Gasteiger partial charge is 0.173 e. The molecule has 98 valence electrons. The fraction of sp³-hybridized carbons (Fsp3) is 0.111. The molecule has 0 aliphatic rings. The van der Waals surface area contributed by atoms with Crippen LogP contribution in [0, 0.1) is 0 Å². The molecule has 1 aromatic carbocycles. The summed E-state index contributed by atoms with van der Waals surface area (Å²) in [7, 11) is 2.03. The van der Waals surface area contributed by atoms with Crippen molar-refractivity contribution in [1.29, 1.82) is 0 Å². The minimum Gasteiger partial charge on any atom is -0.208 e. The first-order chi connectivity index (χ1) is 9.81. The molecule has 0 spiro atoms. The van der Waals surface area contributed by atoms with Crippen LogP contribution in [0.3, 0.4) is 0 Å². The first-order valence-corrected chi connectivity index (χ1v) is 6.80. The molecule has 20 heavy (non-hydrogen) atoms. The predicted octanol–water partition coefficient (Wildman–Crippen LogP) is 2.51. The number of benzene rings is 1. The molecule has 2 heteroatoms. The molecule has 2 aromatic heterocycles. The lowest BCUT2D eigenvalue weighted by molar-refractivity contribution is -0.688. The van der Waals surface area contributed by atoms with Crippen molar-refractivity contribution in [3.05, 3.63) is 84.9 Å². The molecule has 3 aromatic rings. The van der Waals surface area contributed by atoms with Crippen LogP contribution in [0.2, 0.25) is 0 Å². The number of aryl methyl sites for hydroxylation is 1. The van der Waals surface area contributed by atoms with Gasteiger partial charge in [0.15, 0.2) is 31.3 Å². The van der Waals surface area contributed by atoms with Gasteiger partial charge in [-0.25, -0.2) is 9.13 Å². The summed E-state index contributed by atoms with van der Waals surface area (Å²) in [6.45, 7) is 0.908. The number of rotatable bonds is 3. The maximum Gasteiger partial charge on any atom is 0.173 e. The van der Waals surface area contributed by atoms with Crippen molar-refractivity contribution in [3.8, 4) is 11.1 Å². The molecule has 0 bridgehead atoms. The van der Waals surface area contributed by atoms with E-state index < -0.39 is 0 Å². The average molecular weight is 262 g/mol. The minimum atomic E-state index is 0.908. The van der Waals surface area contributed by atoms with E-state index in [0.717, 1.165) is 6.54 Å². The van der Waals surface area contributed by atoms with Crippen LogP contribution < -0.4 is 9.13 Å². The first-order valence-electron chi connectivity index (χ1n) is 6.80. The average Bonchev–Trinajstić information content (AvgIpc) is 2.50. The number of hydrogen-bond donors (Lipinski definition) is 0. The molecule has 2 heterocycles. The first kappa shape index (κ1) is 12.5. The Balaban J connectivity index is 1.79. The molecule has 0 saturated carbocycles. The van der Waals surface area contributed by atoms with E-state index in [-0.39, 0.29) is 0 Å². The van der Waals surface area contributed by atoms with E-state index in [0.29, 0.717) is 0 Å². The molecule has 0 radical (unpaired) electrons. The largest absolute Gasteiger partial charge is 0.208 e. The van der Waals surface area contributed by atoms with Gasteiger partial charge in [-0.3, -0.25) is 0 Å². The van der Waals surface area contributed by atoms with Crippen molar-refractivity contribution in [1.82, 2.24) is 0 Å². The third-order valence-corrected chi connectivity index (χ3v) is 3.41. The fourth-order valence-corrected chi connectivity index (χ4v) is 2.24. The summed E-state index contributed by atoms with van der Waals surface area (Å²) < 4.78 is 4.24. The van der Waals surface area contributed by atoms with Crippen molar-refractivity contribution >= 4 is 0 Å². The topological polar surface area (TPSA) is 7.76 Å². The fourth-order valence-electron chi connectivity index (χ4n) is 2.24. The molecule has 0 amide bonds. The predicted molar refractivity (Wildman–Crippen MR) is 78.8 cm³/mol. The van der Waals surface area contributed by atoms with Crippen molar-refractivity contribution in [2.75, 3.05) is 0 Å². The Morgan fingerprint density at radius 1 is 0.700 bits per heavy atom. The number of aromatic nitrogens is 2. The van der Waals surface area contributed by atoms with Gasteiger partial charge in [-0.15, -0.1) is 0 Å². The summed E-state index contributed by atoms with van der Waals surface area (Å²) in [5, 5.41) is 0. The zero-order chi connectivity index (χ0) is 13.8. The molecule has 3 rings (SSSR count). The van der Waals surface area contributed by atoms with E-state index in [1.165, 1.54) is 16.7 Å². The third-order valence-electron chi connectivity index (χ3n) is 3.41. The molecular formula is C18H18N2+2. The third kappa shape index (κ3) is 2.91. The van der Waals surface area contributed by atoms with Gasteiger partial charge in [0.2, 0.25) is 0 Å². The minimum absolute atomic E-state index is 0.908. The summed E-state index contributed by atoms with van der Waals surface area (Å²) in [6, 6.07) is 19.1. The van der Waals surface area contributed by atoms with Crippen LogP contribution >= 0.6 is 0 Å². The van der Waals surface area contributed by atoms with Crippen LogP contribution in [-0.2, 0) is 13.6 Å². The van der Waals surface area contributed by atoms with Crippen LogP contribution in [0.5, 0.6) is 0 Å². The van der Waals surface area contributed by atoms with Crippen molar-refractivity contribution in [2.45, 2.75) is 6.54 Å². The quantitative estimate of drug-likeness (QED) is 0.641. The van der Waals surface area contributed by atoms with Crippen LogP contribution in [-0.4, -0.2) is 0 Å². The van der Waals surface area contributed by atoms with Gasteiger partial charge in [-0.1, -0.05) is 30.3 Å². The van der Waals surface area contributed by atoms with Gasteiger partial charge in [-0.05, 0) is 11.1 Å². The summed E-state index contributed by atoms with van der Waals surface area (Å²) in [6.07, 6.45) is 8.41. The zero-order valence-electron chi connectivity index (χ0n) is 11.6. The molecule has 0 aliphatic heterocycles. The van der Waals surface area contributed by atoms with Crippen LogP contribution in [0.1, 0.15) is 5.56 Å². The summed E-state index contributed by atoms with van der Waals surface area (Å²) in [5.74, 6) is 0. The normalized spacial score (nSPS) is 10.4. The van der Waals surface area contributed by atoms with E-state index in [2.05, 4.69) is 77.9 Å². The van der Waals surface area contributed by atoms with E-state index in [1.807, 2.05) is 17.7 Å². The van der Waals surface area contributed by atoms with Crippen LogP contribution in [0.25, 0.3) is 11.1 Å². The monoisotopic (exact) mass is 262 g/mol. The van der Waals surface area contributed by atoms with Gasteiger partial charge in [0.25, 0.3) is 0 Å². The van der Waals surface area contributed by atoms with Gasteiger partial charge < -0.3 is 0 Å². The lowest BCUT2D eigenvalue weighted by atomic mass is 10.1. The van der Waals surface area contributed by atoms with E-state index >= 15 is 0 Å². The second kappa shape index (κ2) is 5.66. The second-order valence-electron chi connectivity index (χ2n) is 5.00. The van der Waals surface area contributed by atoms with Gasteiger partial charge in [0.1, 0.15) is 7.05 Å². The van der Waals surface area contributed by atoms with Gasteiger partial charge >= 0.3 is 0 Å². The summed E-state index contributed by atoms with van der Waals surface area (Å²) in [4.78, 5) is 0. The number of nitrogens with zero attached hydrogens (tertiary/aromatic N) is 2. The maximum atomic E-state index is 2.20. The van der Waals surface area contributed by atoms with E-state index in [9.17, 15) is 0 Å². The Kier molecular flexibility index (Phi) is 3.55. The SMILES string of the molecule is C[n+]1ccc(-c2cc[n+](Cc3ccccc3)cc2)cc1. The Hall–Kier alpha value is -2.48. The molecule has 0 aliphatic carbocycles. The summed E-state index contributed by atoms with van der Waals surface area (Å²) >= 11 is 0. The highest BCUT2D eigenvalue weighted by Crippen LogP contribution is 2.15. The Morgan fingerprint density at radius 2 is 1.25 bits per heavy atom. The Labute approximate surface area is 119 Å². The molecule has 0 atom stereocenters. The molecule has 0 N–H and O–H groups in total. The highest BCUT2D eigenvalue weighted by molar-refractivity contribution is 5.60. The molecular weight excluding hydrogens is 244 g/mol. The number of hydrogen-bond acceptors (Lipinski definition) is 0.